The number of aromatic nitrogens is 1. The highest BCUT2D eigenvalue weighted by molar-refractivity contribution is 8.26. The van der Waals surface area contributed by atoms with E-state index in [1.807, 2.05) is 19.1 Å². The molecule has 0 radical (unpaired) electrons. The maximum atomic E-state index is 13.3. The number of hydrogen-bond acceptors (Lipinski definition) is 6. The number of hydrogen-bond donors (Lipinski definition) is 0. The lowest BCUT2D eigenvalue weighted by atomic mass is 9.90. The average molecular weight is 549 g/mol. The number of pyridine rings is 1. The van der Waals surface area contributed by atoms with Crippen molar-refractivity contribution >= 4 is 46.1 Å². The normalized spacial score (nSPS) is 17.5. The molecule has 200 valence electrons. The minimum atomic E-state index is -0.299. The van der Waals surface area contributed by atoms with Crippen LogP contribution in [0.15, 0.2) is 40.0 Å². The van der Waals surface area contributed by atoms with Crippen LogP contribution in [-0.2, 0) is 18.3 Å². The summed E-state index contributed by atoms with van der Waals surface area (Å²) >= 11 is 6.86. The Morgan fingerprint density at radius 3 is 2.50 bits per heavy atom. The summed E-state index contributed by atoms with van der Waals surface area (Å²) in [6.45, 7) is 6.23. The van der Waals surface area contributed by atoms with Crippen LogP contribution in [-0.4, -0.2) is 39.3 Å². The highest BCUT2D eigenvalue weighted by atomic mass is 32.2. The van der Waals surface area contributed by atoms with Crippen LogP contribution in [0.2, 0.25) is 0 Å². The van der Waals surface area contributed by atoms with E-state index in [0.717, 1.165) is 69.4 Å². The monoisotopic (exact) mass is 548 g/mol. The molecule has 1 amide bonds. The number of thiocarbonyl (C=S) groups is 1. The van der Waals surface area contributed by atoms with E-state index in [0.29, 0.717) is 27.3 Å². The van der Waals surface area contributed by atoms with Crippen LogP contribution < -0.4 is 10.5 Å². The molecule has 1 aromatic heterocycles. The first kappa shape index (κ1) is 28.1. The van der Waals surface area contributed by atoms with Crippen LogP contribution >= 0.6 is 24.0 Å². The fourth-order valence-corrected chi connectivity index (χ4v) is 6.70. The molecule has 4 rings (SSSR count). The molecule has 2 saturated heterocycles. The Bertz CT molecular complexity index is 1320. The topological polar surface area (TPSA) is 69.3 Å². The van der Waals surface area contributed by atoms with Gasteiger partial charge in [-0.25, -0.2) is 0 Å². The van der Waals surface area contributed by atoms with Gasteiger partial charge < -0.3 is 4.90 Å². The number of anilines is 1. The number of piperidine rings is 1. The molecular formula is C30H36N4O2S2. The zero-order chi connectivity index (χ0) is 27.2. The van der Waals surface area contributed by atoms with Crippen molar-refractivity contribution < 1.29 is 4.79 Å². The summed E-state index contributed by atoms with van der Waals surface area (Å²) in [6, 6.07) is 12.7. The number of carbonyl (C=O) groups is 1. The second-order valence-electron chi connectivity index (χ2n) is 10.2. The molecule has 0 atom stereocenters. The van der Waals surface area contributed by atoms with Gasteiger partial charge in [-0.1, -0.05) is 80.5 Å². The van der Waals surface area contributed by atoms with Crippen LogP contribution in [0.3, 0.4) is 0 Å². The van der Waals surface area contributed by atoms with Gasteiger partial charge >= 0.3 is 0 Å². The zero-order valence-corrected chi connectivity index (χ0v) is 24.2. The van der Waals surface area contributed by atoms with Crippen molar-refractivity contribution in [3.63, 3.8) is 0 Å². The number of rotatable bonds is 9. The molecule has 0 saturated carbocycles. The third kappa shape index (κ3) is 6.05. The Morgan fingerprint density at radius 2 is 1.84 bits per heavy atom. The molecule has 0 bridgehead atoms. The van der Waals surface area contributed by atoms with E-state index >= 15 is 0 Å². The van der Waals surface area contributed by atoms with Gasteiger partial charge in [-0.3, -0.25) is 19.1 Å². The molecule has 2 aliphatic heterocycles. The first-order valence-corrected chi connectivity index (χ1v) is 14.8. The van der Waals surface area contributed by atoms with Crippen molar-refractivity contribution in [3.05, 3.63) is 67.8 Å². The average Bonchev–Trinajstić information content (AvgIpc) is 3.18. The van der Waals surface area contributed by atoms with Gasteiger partial charge in [-0.05, 0) is 55.7 Å². The van der Waals surface area contributed by atoms with Gasteiger partial charge in [0, 0.05) is 32.2 Å². The van der Waals surface area contributed by atoms with E-state index in [-0.39, 0.29) is 17.0 Å². The molecule has 3 heterocycles. The van der Waals surface area contributed by atoms with Crippen molar-refractivity contribution in [2.45, 2.75) is 58.8 Å². The van der Waals surface area contributed by atoms with Crippen molar-refractivity contribution in [1.82, 2.24) is 9.47 Å². The zero-order valence-electron chi connectivity index (χ0n) is 22.5. The Labute approximate surface area is 235 Å². The van der Waals surface area contributed by atoms with Crippen LogP contribution in [0.4, 0.5) is 5.82 Å². The smallest absolute Gasteiger partial charge is 0.270 e. The quantitative estimate of drug-likeness (QED) is 0.224. The Balaban J connectivity index is 1.61. The Kier molecular flexibility index (Phi) is 9.45. The van der Waals surface area contributed by atoms with Crippen molar-refractivity contribution in [1.29, 1.82) is 5.26 Å². The molecule has 0 spiro atoms. The number of thioether (sulfide) groups is 1. The SMILES string of the molecule is CCCCCCN1C(=O)C(=Cc2c(C)c(C#N)c(=O)n(C)c2N2CCC(Cc3ccccc3)CC2)SC1=S. The molecule has 0 N–H and O–H groups in total. The molecule has 8 heteroatoms. The van der Waals surface area contributed by atoms with Gasteiger partial charge in [0.05, 0.1) is 4.91 Å². The van der Waals surface area contributed by atoms with E-state index in [1.165, 1.54) is 17.3 Å². The summed E-state index contributed by atoms with van der Waals surface area (Å²) in [5.41, 5.74) is 2.55. The van der Waals surface area contributed by atoms with Gasteiger partial charge in [0.15, 0.2) is 0 Å². The number of amides is 1. The molecular weight excluding hydrogens is 512 g/mol. The molecule has 2 fully saturated rings. The van der Waals surface area contributed by atoms with Crippen LogP contribution in [0.5, 0.6) is 0 Å². The van der Waals surface area contributed by atoms with Gasteiger partial charge in [0.2, 0.25) is 0 Å². The fourth-order valence-electron chi connectivity index (χ4n) is 5.41. The maximum Gasteiger partial charge on any atom is 0.270 e. The molecule has 2 aliphatic rings. The minimum Gasteiger partial charge on any atom is -0.357 e. The Morgan fingerprint density at radius 1 is 1.13 bits per heavy atom. The largest absolute Gasteiger partial charge is 0.357 e. The third-order valence-electron chi connectivity index (χ3n) is 7.63. The second kappa shape index (κ2) is 12.8. The van der Waals surface area contributed by atoms with Crippen LogP contribution in [0.1, 0.15) is 67.7 Å². The summed E-state index contributed by atoms with van der Waals surface area (Å²) in [5, 5.41) is 9.76. The number of nitrogens with zero attached hydrogens (tertiary/aromatic N) is 4. The van der Waals surface area contributed by atoms with Gasteiger partial charge in [0.25, 0.3) is 11.5 Å². The molecule has 1 aromatic carbocycles. The summed E-state index contributed by atoms with van der Waals surface area (Å²) in [5.74, 6) is 1.27. The first-order valence-electron chi connectivity index (χ1n) is 13.5. The Hall–Kier alpha value is -2.89. The standard InChI is InChI=1S/C30H36N4O2S2/c1-4-5-6-10-15-34-29(36)26(38-30(34)37)19-24-21(2)25(20-31)28(35)32(3)27(24)33-16-13-23(14-17-33)18-22-11-8-7-9-12-22/h7-9,11-12,19,23H,4-6,10,13-18H2,1-3H3. The molecule has 38 heavy (non-hydrogen) atoms. The van der Waals surface area contributed by atoms with Crippen LogP contribution in [0, 0.1) is 24.2 Å². The van der Waals surface area contributed by atoms with Crippen molar-refractivity contribution in [2.24, 2.45) is 13.0 Å². The minimum absolute atomic E-state index is 0.0872. The van der Waals surface area contributed by atoms with Crippen LogP contribution in [0.25, 0.3) is 6.08 Å². The van der Waals surface area contributed by atoms with Gasteiger partial charge in [-0.15, -0.1) is 0 Å². The van der Waals surface area contributed by atoms with E-state index in [1.54, 1.807) is 16.5 Å². The molecule has 0 aliphatic carbocycles. The summed E-state index contributed by atoms with van der Waals surface area (Å²) < 4.78 is 2.16. The third-order valence-corrected chi connectivity index (χ3v) is 9.01. The molecule has 6 nitrogen and oxygen atoms in total. The lowest BCUT2D eigenvalue weighted by Gasteiger charge is -2.36. The van der Waals surface area contributed by atoms with E-state index < -0.39 is 0 Å². The van der Waals surface area contributed by atoms with Gasteiger partial charge in [-0.2, -0.15) is 5.26 Å². The van der Waals surface area contributed by atoms with Crippen molar-refractivity contribution in [3.8, 4) is 6.07 Å². The molecule has 2 aromatic rings. The highest BCUT2D eigenvalue weighted by Crippen LogP contribution is 2.37. The number of unbranched alkanes of at least 4 members (excludes halogenated alkanes) is 3. The first-order chi connectivity index (χ1) is 18.3. The summed E-state index contributed by atoms with van der Waals surface area (Å²) in [4.78, 5) is 30.9. The molecule has 0 unspecified atom stereocenters. The van der Waals surface area contributed by atoms with E-state index in [9.17, 15) is 14.9 Å². The summed E-state index contributed by atoms with van der Waals surface area (Å²) in [6.07, 6.45) is 9.21. The highest BCUT2D eigenvalue weighted by Gasteiger charge is 2.33. The van der Waals surface area contributed by atoms with E-state index in [4.69, 9.17) is 12.2 Å². The summed E-state index contributed by atoms with van der Waals surface area (Å²) in [7, 11) is 1.73. The predicted octanol–water partition coefficient (Wildman–Crippen LogP) is 5.81. The maximum absolute atomic E-state index is 13.3. The second-order valence-corrected chi connectivity index (χ2v) is 11.9. The lowest BCUT2D eigenvalue weighted by molar-refractivity contribution is -0.122. The van der Waals surface area contributed by atoms with Crippen molar-refractivity contribution in [2.75, 3.05) is 24.5 Å². The fraction of sp³-hybridized carbons (Fsp3) is 0.467. The lowest BCUT2D eigenvalue weighted by Crippen LogP contribution is -2.39. The number of carbonyl (C=O) groups excluding carboxylic acids is 1. The number of nitriles is 1. The van der Waals surface area contributed by atoms with Gasteiger partial charge in [0.1, 0.15) is 21.8 Å². The predicted molar refractivity (Wildman–Crippen MR) is 160 cm³/mol. The number of benzene rings is 1. The van der Waals surface area contributed by atoms with E-state index in [2.05, 4.69) is 42.2 Å².